The van der Waals surface area contributed by atoms with Gasteiger partial charge in [0.1, 0.15) is 0 Å². The predicted octanol–water partition coefficient (Wildman–Crippen LogP) is 2.49. The Morgan fingerprint density at radius 3 is 2.63 bits per heavy atom. The van der Waals surface area contributed by atoms with Crippen LogP contribution < -0.4 is 5.73 Å². The fourth-order valence-electron chi connectivity index (χ4n) is 2.14. The standard InChI is InChI=1S/C13H23BrN2O2S/c1-10(8-18-3)16(4-5-17-2)12(7-15)13-6-11(14)9-19-13/h6,9-10,12H,4-5,7-8,15H2,1-3H3. The Hall–Kier alpha value is 0.0200. The van der Waals surface area contributed by atoms with Crippen LogP contribution in [0.25, 0.3) is 0 Å². The van der Waals surface area contributed by atoms with Gasteiger partial charge in [-0.15, -0.1) is 11.3 Å². The summed E-state index contributed by atoms with van der Waals surface area (Å²) in [5.74, 6) is 0. The van der Waals surface area contributed by atoms with Crippen LogP contribution in [0.2, 0.25) is 0 Å². The number of hydrogen-bond donors (Lipinski definition) is 1. The number of nitrogens with two attached hydrogens (primary N) is 1. The van der Waals surface area contributed by atoms with Gasteiger partial charge in [-0.2, -0.15) is 0 Å². The smallest absolute Gasteiger partial charge is 0.0615 e. The Kier molecular flexibility index (Phi) is 8.13. The highest BCUT2D eigenvalue weighted by molar-refractivity contribution is 9.10. The first kappa shape index (κ1) is 17.1. The lowest BCUT2D eigenvalue weighted by Gasteiger charge is -2.35. The van der Waals surface area contributed by atoms with Gasteiger partial charge in [0.15, 0.2) is 0 Å². The Balaban J connectivity index is 2.85. The van der Waals surface area contributed by atoms with Crippen LogP contribution >= 0.6 is 27.3 Å². The van der Waals surface area contributed by atoms with Gasteiger partial charge >= 0.3 is 0 Å². The van der Waals surface area contributed by atoms with Crippen LogP contribution in [0.15, 0.2) is 15.9 Å². The molecule has 1 rings (SSSR count). The minimum absolute atomic E-state index is 0.205. The molecule has 2 unspecified atom stereocenters. The van der Waals surface area contributed by atoms with E-state index in [0.29, 0.717) is 25.8 Å². The molecule has 2 N–H and O–H groups in total. The summed E-state index contributed by atoms with van der Waals surface area (Å²) in [6.45, 7) is 4.97. The molecule has 4 nitrogen and oxygen atoms in total. The van der Waals surface area contributed by atoms with Crippen LogP contribution in [0, 0.1) is 0 Å². The molecule has 0 fully saturated rings. The van der Waals surface area contributed by atoms with Crippen molar-refractivity contribution in [1.82, 2.24) is 4.90 Å². The maximum atomic E-state index is 5.99. The van der Waals surface area contributed by atoms with Crippen LogP contribution in [0.4, 0.5) is 0 Å². The first-order valence-electron chi connectivity index (χ1n) is 6.31. The van der Waals surface area contributed by atoms with Gasteiger partial charge in [0.05, 0.1) is 19.3 Å². The van der Waals surface area contributed by atoms with Gasteiger partial charge in [0, 0.05) is 48.1 Å². The highest BCUT2D eigenvalue weighted by atomic mass is 79.9. The molecule has 0 aliphatic carbocycles. The molecule has 19 heavy (non-hydrogen) atoms. The fraction of sp³-hybridized carbons (Fsp3) is 0.692. The van der Waals surface area contributed by atoms with Gasteiger partial charge in [0.2, 0.25) is 0 Å². The van der Waals surface area contributed by atoms with Gasteiger partial charge in [-0.1, -0.05) is 0 Å². The number of methoxy groups -OCH3 is 2. The molecule has 0 amide bonds. The second-order valence-corrected chi connectivity index (χ2v) is 6.31. The van der Waals surface area contributed by atoms with E-state index >= 15 is 0 Å². The molecular weight excluding hydrogens is 328 g/mol. The second kappa shape index (κ2) is 9.05. The van der Waals surface area contributed by atoms with Crippen molar-refractivity contribution in [3.63, 3.8) is 0 Å². The van der Waals surface area contributed by atoms with E-state index in [0.717, 1.165) is 11.0 Å². The van der Waals surface area contributed by atoms with Crippen molar-refractivity contribution in [3.05, 3.63) is 20.8 Å². The summed E-state index contributed by atoms with van der Waals surface area (Å²) in [7, 11) is 3.45. The van der Waals surface area contributed by atoms with Gasteiger partial charge in [-0.05, 0) is 28.9 Å². The van der Waals surface area contributed by atoms with Crippen molar-refractivity contribution in [3.8, 4) is 0 Å². The lowest BCUT2D eigenvalue weighted by atomic mass is 10.1. The average molecular weight is 351 g/mol. The van der Waals surface area contributed by atoms with Crippen LogP contribution in [0.5, 0.6) is 0 Å². The van der Waals surface area contributed by atoms with Crippen LogP contribution in [0.3, 0.4) is 0 Å². The molecule has 0 radical (unpaired) electrons. The van der Waals surface area contributed by atoms with E-state index in [-0.39, 0.29) is 6.04 Å². The van der Waals surface area contributed by atoms with Gasteiger partial charge < -0.3 is 15.2 Å². The third-order valence-electron chi connectivity index (χ3n) is 3.07. The first-order chi connectivity index (χ1) is 9.13. The van der Waals surface area contributed by atoms with Crippen molar-refractivity contribution < 1.29 is 9.47 Å². The lowest BCUT2D eigenvalue weighted by molar-refractivity contribution is 0.0496. The molecule has 110 valence electrons. The third-order valence-corrected chi connectivity index (χ3v) is 4.86. The summed E-state index contributed by atoms with van der Waals surface area (Å²) in [4.78, 5) is 3.62. The molecule has 1 aromatic rings. The number of rotatable bonds is 9. The highest BCUT2D eigenvalue weighted by Gasteiger charge is 2.24. The average Bonchev–Trinajstić information content (AvgIpc) is 2.81. The molecule has 0 saturated heterocycles. The van der Waals surface area contributed by atoms with Crippen molar-refractivity contribution in [2.45, 2.75) is 19.0 Å². The Morgan fingerprint density at radius 1 is 1.42 bits per heavy atom. The van der Waals surface area contributed by atoms with Gasteiger partial charge in [-0.3, -0.25) is 4.90 Å². The Labute approximate surface area is 128 Å². The van der Waals surface area contributed by atoms with Crippen LogP contribution in [-0.2, 0) is 9.47 Å². The molecule has 1 heterocycles. The van der Waals surface area contributed by atoms with Crippen LogP contribution in [-0.4, -0.2) is 51.5 Å². The summed E-state index contributed by atoms with van der Waals surface area (Å²) < 4.78 is 11.6. The fourth-order valence-corrected chi connectivity index (χ4v) is 3.71. The number of nitrogens with zero attached hydrogens (tertiary/aromatic N) is 1. The summed E-state index contributed by atoms with van der Waals surface area (Å²) in [6.07, 6.45) is 0. The Bertz CT molecular complexity index is 362. The molecule has 0 aliphatic heterocycles. The summed E-state index contributed by atoms with van der Waals surface area (Å²) in [6, 6.07) is 2.65. The molecule has 0 aromatic carbocycles. The summed E-state index contributed by atoms with van der Waals surface area (Å²) in [5, 5.41) is 2.09. The zero-order valence-electron chi connectivity index (χ0n) is 11.8. The quantitative estimate of drug-likeness (QED) is 0.743. The van der Waals surface area contributed by atoms with E-state index in [4.69, 9.17) is 15.2 Å². The zero-order chi connectivity index (χ0) is 14.3. The zero-order valence-corrected chi connectivity index (χ0v) is 14.2. The number of halogens is 1. The van der Waals surface area contributed by atoms with Crippen LogP contribution in [0.1, 0.15) is 17.8 Å². The molecular formula is C13H23BrN2O2S. The molecule has 0 saturated carbocycles. The van der Waals surface area contributed by atoms with E-state index in [2.05, 4.69) is 39.2 Å². The number of ether oxygens (including phenoxy) is 2. The van der Waals surface area contributed by atoms with E-state index < -0.39 is 0 Å². The van der Waals surface area contributed by atoms with E-state index in [1.807, 2.05) is 0 Å². The first-order valence-corrected chi connectivity index (χ1v) is 7.98. The second-order valence-electron chi connectivity index (χ2n) is 4.45. The Morgan fingerprint density at radius 2 is 2.16 bits per heavy atom. The van der Waals surface area contributed by atoms with Crippen molar-refractivity contribution >= 4 is 27.3 Å². The maximum absolute atomic E-state index is 5.99. The molecule has 0 spiro atoms. The van der Waals surface area contributed by atoms with Crippen molar-refractivity contribution in [1.29, 1.82) is 0 Å². The van der Waals surface area contributed by atoms with Gasteiger partial charge in [-0.25, -0.2) is 0 Å². The molecule has 0 aliphatic rings. The summed E-state index contributed by atoms with van der Waals surface area (Å²) >= 11 is 5.23. The minimum Gasteiger partial charge on any atom is -0.383 e. The number of hydrogen-bond acceptors (Lipinski definition) is 5. The highest BCUT2D eigenvalue weighted by Crippen LogP contribution is 2.30. The normalized spacial score (nSPS) is 14.8. The van der Waals surface area contributed by atoms with E-state index in [9.17, 15) is 0 Å². The third kappa shape index (κ3) is 5.13. The topological polar surface area (TPSA) is 47.7 Å². The van der Waals surface area contributed by atoms with Crippen molar-refractivity contribution in [2.24, 2.45) is 5.73 Å². The predicted molar refractivity (Wildman–Crippen MR) is 83.7 cm³/mol. The van der Waals surface area contributed by atoms with E-state index in [1.165, 1.54) is 4.88 Å². The minimum atomic E-state index is 0.205. The largest absolute Gasteiger partial charge is 0.383 e. The lowest BCUT2D eigenvalue weighted by Crippen LogP contribution is -2.43. The summed E-state index contributed by atoms with van der Waals surface area (Å²) in [5.41, 5.74) is 5.99. The van der Waals surface area contributed by atoms with Crippen molar-refractivity contribution in [2.75, 3.05) is 40.5 Å². The number of thiophene rings is 1. The molecule has 0 bridgehead atoms. The molecule has 6 heteroatoms. The molecule has 2 atom stereocenters. The monoisotopic (exact) mass is 350 g/mol. The van der Waals surface area contributed by atoms with Gasteiger partial charge in [0.25, 0.3) is 0 Å². The SMILES string of the molecule is COCCN(C(C)COC)C(CN)c1cc(Br)cs1. The molecule has 1 aromatic heterocycles. The maximum Gasteiger partial charge on any atom is 0.0615 e. The van der Waals surface area contributed by atoms with E-state index in [1.54, 1.807) is 25.6 Å².